The van der Waals surface area contributed by atoms with Crippen LogP contribution < -0.4 is 5.32 Å². The first-order chi connectivity index (χ1) is 12.7. The van der Waals surface area contributed by atoms with E-state index in [0.717, 1.165) is 23.7 Å². The molecular weight excluding hydrogens is 348 g/mol. The van der Waals surface area contributed by atoms with Gasteiger partial charge in [-0.25, -0.2) is 4.98 Å². The summed E-state index contributed by atoms with van der Waals surface area (Å²) in [5.41, 5.74) is 2.59. The second-order valence-corrected chi connectivity index (χ2v) is 6.91. The van der Waals surface area contributed by atoms with E-state index >= 15 is 0 Å². The van der Waals surface area contributed by atoms with Crippen molar-refractivity contribution in [2.75, 3.05) is 5.32 Å². The van der Waals surface area contributed by atoms with Crippen molar-refractivity contribution < 1.29 is 9.32 Å². The maximum Gasteiger partial charge on any atom is 0.276 e. The number of amides is 1. The van der Waals surface area contributed by atoms with E-state index in [1.165, 1.54) is 22.2 Å². The van der Waals surface area contributed by atoms with Gasteiger partial charge in [0.05, 0.1) is 5.69 Å². The van der Waals surface area contributed by atoms with Gasteiger partial charge in [0.2, 0.25) is 0 Å². The van der Waals surface area contributed by atoms with E-state index in [1.54, 1.807) is 18.4 Å². The molecule has 4 rings (SSSR count). The van der Waals surface area contributed by atoms with Crippen LogP contribution >= 0.6 is 11.3 Å². The van der Waals surface area contributed by atoms with Gasteiger partial charge in [0.25, 0.3) is 5.91 Å². The highest BCUT2D eigenvalue weighted by atomic mass is 32.1. The number of nitrogens with one attached hydrogen (secondary N) is 1. The van der Waals surface area contributed by atoms with Crippen LogP contribution in [0, 0.1) is 6.92 Å². The topological polar surface area (TPSA) is 73.0 Å². The van der Waals surface area contributed by atoms with Crippen molar-refractivity contribution in [3.63, 3.8) is 0 Å². The lowest BCUT2D eigenvalue weighted by Crippen LogP contribution is -2.12. The Bertz CT molecular complexity index is 1080. The van der Waals surface area contributed by atoms with E-state index in [1.807, 2.05) is 12.1 Å². The summed E-state index contributed by atoms with van der Waals surface area (Å²) in [5.74, 6) is 0.740. The predicted octanol–water partition coefficient (Wildman–Crippen LogP) is 4.72. The molecular formula is C19H18N4O2S. The van der Waals surface area contributed by atoms with Crippen LogP contribution in [0.1, 0.15) is 29.6 Å². The number of carbonyl (C=O) groups excluding carboxylic acids is 1. The fraction of sp³-hybridized carbons (Fsp3) is 0.211. The molecule has 1 N–H and O–H groups in total. The van der Waals surface area contributed by atoms with E-state index in [0.29, 0.717) is 17.3 Å². The second kappa shape index (κ2) is 6.76. The quantitative estimate of drug-likeness (QED) is 0.554. The number of fused-ring (bicyclic) bond motifs is 1. The summed E-state index contributed by atoms with van der Waals surface area (Å²) in [6.07, 6.45) is 1.02. The first-order valence-corrected chi connectivity index (χ1v) is 9.32. The van der Waals surface area contributed by atoms with Crippen LogP contribution in [0.25, 0.3) is 21.6 Å². The number of benzene rings is 1. The van der Waals surface area contributed by atoms with Crippen LogP contribution in [-0.4, -0.2) is 20.6 Å². The lowest BCUT2D eigenvalue weighted by molar-refractivity contribution is 0.102. The molecule has 0 atom stereocenters. The molecule has 0 saturated heterocycles. The van der Waals surface area contributed by atoms with Crippen LogP contribution in [0.15, 0.2) is 46.3 Å². The van der Waals surface area contributed by atoms with Gasteiger partial charge in [-0.2, -0.15) is 0 Å². The Morgan fingerprint density at radius 3 is 2.92 bits per heavy atom. The lowest BCUT2D eigenvalue weighted by atomic mass is 10.2. The fourth-order valence-corrected chi connectivity index (χ4v) is 3.78. The highest BCUT2D eigenvalue weighted by molar-refractivity contribution is 7.13. The normalized spacial score (nSPS) is 11.2. The number of aromatic nitrogens is 3. The molecule has 3 aromatic heterocycles. The van der Waals surface area contributed by atoms with E-state index in [2.05, 4.69) is 45.1 Å². The minimum atomic E-state index is -0.293. The average Bonchev–Trinajstić information content (AvgIpc) is 3.34. The van der Waals surface area contributed by atoms with Crippen LogP contribution in [-0.2, 0) is 6.54 Å². The third-order valence-corrected chi connectivity index (χ3v) is 4.95. The number of aryl methyl sites for hydroxylation is 2. The molecule has 7 heteroatoms. The van der Waals surface area contributed by atoms with Crippen molar-refractivity contribution in [1.82, 2.24) is 14.7 Å². The molecule has 0 saturated carbocycles. The number of para-hydroxylation sites is 1. The number of anilines is 1. The highest BCUT2D eigenvalue weighted by Crippen LogP contribution is 2.31. The molecule has 1 amide bonds. The largest absolute Gasteiger partial charge is 0.360 e. The molecule has 0 aliphatic heterocycles. The van der Waals surface area contributed by atoms with Gasteiger partial charge in [0.1, 0.15) is 16.5 Å². The van der Waals surface area contributed by atoms with Crippen molar-refractivity contribution >= 4 is 34.0 Å². The number of hydrogen-bond acceptors (Lipinski definition) is 5. The van der Waals surface area contributed by atoms with Crippen molar-refractivity contribution in [2.45, 2.75) is 26.8 Å². The maximum atomic E-state index is 12.4. The zero-order valence-corrected chi connectivity index (χ0v) is 15.3. The van der Waals surface area contributed by atoms with Crippen LogP contribution in [0.2, 0.25) is 0 Å². The highest BCUT2D eigenvalue weighted by Gasteiger charge is 2.17. The molecule has 0 aliphatic carbocycles. The Morgan fingerprint density at radius 1 is 1.31 bits per heavy atom. The predicted molar refractivity (Wildman–Crippen MR) is 103 cm³/mol. The molecule has 26 heavy (non-hydrogen) atoms. The zero-order chi connectivity index (χ0) is 18.1. The first-order valence-electron chi connectivity index (χ1n) is 8.44. The standard InChI is InChI=1S/C19H18N4O2S/c1-3-8-23-15-7-5-4-6-13(15)10-16(23)19-20-14(11-26-19)18(24)21-17-9-12(2)25-22-17/h4-7,9-11H,3,8H2,1-2H3,(H,21,22,24). The summed E-state index contributed by atoms with van der Waals surface area (Å²) in [7, 11) is 0. The Kier molecular flexibility index (Phi) is 4.30. The molecule has 0 radical (unpaired) electrons. The Labute approximate surface area is 154 Å². The lowest BCUT2D eigenvalue weighted by Gasteiger charge is -2.07. The molecule has 6 nitrogen and oxygen atoms in total. The minimum Gasteiger partial charge on any atom is -0.360 e. The SMILES string of the molecule is CCCn1c(-c2nc(C(=O)Nc3cc(C)on3)cs2)cc2ccccc21. The van der Waals surface area contributed by atoms with Crippen LogP contribution in [0.3, 0.4) is 0 Å². The molecule has 132 valence electrons. The van der Waals surface area contributed by atoms with E-state index in [4.69, 9.17) is 4.52 Å². The van der Waals surface area contributed by atoms with Crippen molar-refractivity contribution in [3.8, 4) is 10.7 Å². The molecule has 0 unspecified atom stereocenters. The fourth-order valence-electron chi connectivity index (χ4n) is 2.95. The molecule has 1 aromatic carbocycles. The summed E-state index contributed by atoms with van der Waals surface area (Å²) in [6.45, 7) is 4.83. The van der Waals surface area contributed by atoms with E-state index in [-0.39, 0.29) is 5.91 Å². The van der Waals surface area contributed by atoms with Gasteiger partial charge in [0, 0.05) is 28.9 Å². The number of carbonyl (C=O) groups is 1. The summed E-state index contributed by atoms with van der Waals surface area (Å²) >= 11 is 1.47. The maximum absolute atomic E-state index is 12.4. The third kappa shape index (κ3) is 3.01. The van der Waals surface area contributed by atoms with Crippen molar-refractivity contribution in [2.24, 2.45) is 0 Å². The zero-order valence-electron chi connectivity index (χ0n) is 14.5. The summed E-state index contributed by atoms with van der Waals surface area (Å²) < 4.78 is 7.23. The number of nitrogens with zero attached hydrogens (tertiary/aromatic N) is 3. The van der Waals surface area contributed by atoms with Crippen LogP contribution in [0.5, 0.6) is 0 Å². The molecule has 0 aliphatic rings. The van der Waals surface area contributed by atoms with Gasteiger partial charge in [-0.05, 0) is 25.5 Å². The number of hydrogen-bond donors (Lipinski definition) is 1. The second-order valence-electron chi connectivity index (χ2n) is 6.05. The van der Waals surface area contributed by atoms with Gasteiger partial charge in [-0.15, -0.1) is 11.3 Å². The molecule has 0 bridgehead atoms. The third-order valence-electron chi connectivity index (χ3n) is 4.08. The minimum absolute atomic E-state index is 0.293. The van der Waals surface area contributed by atoms with Crippen molar-refractivity contribution in [3.05, 3.63) is 53.2 Å². The van der Waals surface area contributed by atoms with Crippen LogP contribution in [0.4, 0.5) is 5.82 Å². The average molecular weight is 366 g/mol. The molecule has 3 heterocycles. The van der Waals surface area contributed by atoms with Gasteiger partial charge >= 0.3 is 0 Å². The van der Waals surface area contributed by atoms with Gasteiger partial charge in [-0.1, -0.05) is 30.3 Å². The Hall–Kier alpha value is -2.93. The van der Waals surface area contributed by atoms with Gasteiger partial charge < -0.3 is 14.4 Å². The number of thiazole rings is 1. The summed E-state index contributed by atoms with van der Waals surface area (Å²) in [5, 5.41) is 10.3. The summed E-state index contributed by atoms with van der Waals surface area (Å²) in [4.78, 5) is 16.9. The van der Waals surface area contributed by atoms with Crippen molar-refractivity contribution in [1.29, 1.82) is 0 Å². The molecule has 0 fully saturated rings. The molecule has 4 aromatic rings. The smallest absolute Gasteiger partial charge is 0.276 e. The number of rotatable bonds is 5. The molecule has 0 spiro atoms. The van der Waals surface area contributed by atoms with E-state index < -0.39 is 0 Å². The monoisotopic (exact) mass is 366 g/mol. The van der Waals surface area contributed by atoms with Gasteiger partial charge in [-0.3, -0.25) is 4.79 Å². The summed E-state index contributed by atoms with van der Waals surface area (Å²) in [6, 6.07) is 12.1. The Morgan fingerprint density at radius 2 is 2.15 bits per heavy atom. The first kappa shape index (κ1) is 16.5. The Balaban J connectivity index is 1.66. The van der Waals surface area contributed by atoms with Gasteiger partial charge in [0.15, 0.2) is 5.82 Å². The van der Waals surface area contributed by atoms with E-state index in [9.17, 15) is 4.79 Å².